The van der Waals surface area contributed by atoms with Crippen molar-refractivity contribution in [2.24, 2.45) is 5.73 Å². The molecule has 0 bridgehead atoms. The van der Waals surface area contributed by atoms with Crippen LogP contribution in [0.3, 0.4) is 0 Å². The van der Waals surface area contributed by atoms with E-state index in [1.165, 1.54) is 6.33 Å². The maximum atomic E-state index is 13.1. The van der Waals surface area contributed by atoms with E-state index in [9.17, 15) is 15.0 Å². The number of hydrogen-bond acceptors (Lipinski definition) is 14. The Morgan fingerprint density at radius 2 is 1.65 bits per heavy atom. The number of aliphatic hydroxyl groups is 2. The molecule has 8 N–H and O–H groups in total. The van der Waals surface area contributed by atoms with Crippen molar-refractivity contribution in [3.8, 4) is 22.8 Å². The molecule has 9 rings (SSSR count). The third-order valence-electron chi connectivity index (χ3n) is 12.2. The lowest BCUT2D eigenvalue weighted by atomic mass is 9.86. The molecular weight excluding hydrogens is 725 g/mol. The van der Waals surface area contributed by atoms with Gasteiger partial charge in [0.15, 0.2) is 5.65 Å². The number of benzene rings is 2. The summed E-state index contributed by atoms with van der Waals surface area (Å²) < 4.78 is 8.02. The number of piperidine rings is 1. The first-order valence-electron chi connectivity index (χ1n) is 20.0. The number of pyridine rings is 1. The Kier molecular flexibility index (Phi) is 10.5. The molecule has 16 nitrogen and oxygen atoms in total. The molecule has 0 spiro atoms. The lowest BCUT2D eigenvalue weighted by molar-refractivity contribution is -0.0161. The van der Waals surface area contributed by atoms with Crippen LogP contribution in [-0.2, 0) is 0 Å². The number of fused-ring (bicyclic) bond motifs is 1. The van der Waals surface area contributed by atoms with Crippen LogP contribution < -0.4 is 31.7 Å². The number of para-hydroxylation sites is 1. The van der Waals surface area contributed by atoms with Crippen molar-refractivity contribution in [1.29, 1.82) is 0 Å². The van der Waals surface area contributed by atoms with Crippen molar-refractivity contribution in [2.75, 3.05) is 43.4 Å². The molecular formula is C41H50N12O4. The summed E-state index contributed by atoms with van der Waals surface area (Å²) in [6.45, 7) is 4.65. The summed E-state index contributed by atoms with van der Waals surface area (Å²) in [5.74, 6) is 1.59. The van der Waals surface area contributed by atoms with Crippen LogP contribution >= 0.6 is 0 Å². The van der Waals surface area contributed by atoms with Crippen molar-refractivity contribution in [3.63, 3.8) is 0 Å². The zero-order chi connectivity index (χ0) is 39.0. The second kappa shape index (κ2) is 16.0. The molecule has 7 unspecified atom stereocenters. The smallest absolute Gasteiger partial charge is 0.253 e. The van der Waals surface area contributed by atoms with E-state index in [0.29, 0.717) is 35.9 Å². The minimum absolute atomic E-state index is 0.0589. The molecule has 57 heavy (non-hydrogen) atoms. The highest BCUT2D eigenvalue weighted by molar-refractivity contribution is 5.98. The number of amides is 1. The van der Waals surface area contributed by atoms with Crippen molar-refractivity contribution in [2.45, 2.75) is 81.3 Å². The Hall–Kier alpha value is -5.23. The summed E-state index contributed by atoms with van der Waals surface area (Å²) in [5, 5.41) is 31.5. The molecule has 5 aromatic rings. The average Bonchev–Trinajstić information content (AvgIpc) is 3.60. The van der Waals surface area contributed by atoms with Crippen molar-refractivity contribution in [3.05, 3.63) is 84.9 Å². The van der Waals surface area contributed by atoms with E-state index in [1.54, 1.807) is 6.20 Å². The predicted octanol–water partition coefficient (Wildman–Crippen LogP) is 2.66. The van der Waals surface area contributed by atoms with Gasteiger partial charge in [-0.3, -0.25) is 24.9 Å². The molecule has 2 aromatic carbocycles. The van der Waals surface area contributed by atoms with Crippen molar-refractivity contribution >= 4 is 28.4 Å². The number of nitrogens with one attached hydrogen (secondary N) is 2. The van der Waals surface area contributed by atoms with E-state index < -0.39 is 18.5 Å². The van der Waals surface area contributed by atoms with Gasteiger partial charge < -0.3 is 36.6 Å². The SMILES string of the molecule is Nc1ncnc2c1c(-c1ccc(Oc3ccccc3)cc1)nn2C1CC(N2CCN(C3CCN3c3cncc(C(=O)NC4CCC(O)NC4O)c3)CC2)CCC1N. The van der Waals surface area contributed by atoms with Gasteiger partial charge >= 0.3 is 0 Å². The molecule has 1 aliphatic carbocycles. The zero-order valence-electron chi connectivity index (χ0n) is 31.8. The number of piperazine rings is 1. The Morgan fingerprint density at radius 1 is 0.877 bits per heavy atom. The number of carbonyl (C=O) groups excluding carboxylic acids is 1. The Bertz CT molecular complexity index is 2180. The van der Waals surface area contributed by atoms with Crippen LogP contribution in [-0.4, -0.2) is 120 Å². The first-order valence-corrected chi connectivity index (χ1v) is 20.0. The van der Waals surface area contributed by atoms with Crippen LogP contribution in [0.25, 0.3) is 22.3 Å². The monoisotopic (exact) mass is 774 g/mol. The number of hydrogen-bond donors (Lipinski definition) is 6. The van der Waals surface area contributed by atoms with Crippen molar-refractivity contribution < 1.29 is 19.7 Å². The average molecular weight is 775 g/mol. The zero-order valence-corrected chi connectivity index (χ0v) is 31.8. The van der Waals surface area contributed by atoms with Crippen LogP contribution in [0.4, 0.5) is 11.5 Å². The van der Waals surface area contributed by atoms with Gasteiger partial charge in [0.25, 0.3) is 5.91 Å². The van der Waals surface area contributed by atoms with Crippen LogP contribution in [0.15, 0.2) is 79.4 Å². The van der Waals surface area contributed by atoms with Gasteiger partial charge in [-0.1, -0.05) is 18.2 Å². The Morgan fingerprint density at radius 3 is 2.40 bits per heavy atom. The number of nitrogens with zero attached hydrogens (tertiary/aromatic N) is 8. The predicted molar refractivity (Wildman–Crippen MR) is 215 cm³/mol. The largest absolute Gasteiger partial charge is 0.457 e. The Balaban J connectivity index is 0.849. The fraction of sp³-hybridized carbons (Fsp3) is 0.439. The van der Waals surface area contributed by atoms with E-state index in [1.807, 2.05) is 71.5 Å². The van der Waals surface area contributed by atoms with Crippen LogP contribution in [0.2, 0.25) is 0 Å². The number of carbonyl (C=O) groups is 1. The first-order chi connectivity index (χ1) is 27.8. The molecule has 3 aliphatic heterocycles. The molecule has 6 heterocycles. The van der Waals surface area contributed by atoms with Gasteiger partial charge in [0.1, 0.15) is 41.8 Å². The summed E-state index contributed by atoms with van der Waals surface area (Å²) >= 11 is 0. The van der Waals surface area contributed by atoms with Crippen molar-refractivity contribution in [1.82, 2.24) is 45.2 Å². The molecule has 4 aliphatic rings. The third-order valence-corrected chi connectivity index (χ3v) is 12.2. The lowest BCUT2D eigenvalue weighted by Gasteiger charge is -2.52. The fourth-order valence-corrected chi connectivity index (χ4v) is 8.95. The number of anilines is 2. The van der Waals surface area contributed by atoms with Crippen LogP contribution in [0.5, 0.6) is 11.5 Å². The molecule has 1 saturated carbocycles. The quantitative estimate of drug-likeness (QED) is 0.127. The maximum Gasteiger partial charge on any atom is 0.253 e. The molecule has 1 amide bonds. The first kappa shape index (κ1) is 37.4. The van der Waals surface area contributed by atoms with Gasteiger partial charge in [0, 0.05) is 56.6 Å². The molecule has 7 atom stereocenters. The highest BCUT2D eigenvalue weighted by atomic mass is 16.5. The second-order valence-electron chi connectivity index (χ2n) is 15.6. The Labute approximate surface area is 330 Å². The van der Waals surface area contributed by atoms with Gasteiger partial charge in [0.2, 0.25) is 0 Å². The molecule has 16 heteroatoms. The number of rotatable bonds is 9. The molecule has 298 valence electrons. The highest BCUT2D eigenvalue weighted by Gasteiger charge is 2.39. The summed E-state index contributed by atoms with van der Waals surface area (Å²) in [6, 6.07) is 19.1. The number of aliphatic hydroxyl groups excluding tert-OH is 2. The van der Waals surface area contributed by atoms with Gasteiger partial charge in [-0.05, 0) is 81.0 Å². The summed E-state index contributed by atoms with van der Waals surface area (Å²) in [6.07, 6.45) is 8.07. The van der Waals surface area contributed by atoms with Gasteiger partial charge in [-0.15, -0.1) is 0 Å². The molecule has 3 aromatic heterocycles. The summed E-state index contributed by atoms with van der Waals surface area (Å²) in [7, 11) is 0. The summed E-state index contributed by atoms with van der Waals surface area (Å²) in [5.41, 5.74) is 17.1. The van der Waals surface area contributed by atoms with E-state index >= 15 is 0 Å². The highest BCUT2D eigenvalue weighted by Crippen LogP contribution is 2.38. The van der Waals surface area contributed by atoms with E-state index in [0.717, 1.165) is 92.2 Å². The van der Waals surface area contributed by atoms with Crippen LogP contribution in [0.1, 0.15) is 54.9 Å². The van der Waals surface area contributed by atoms with Crippen LogP contribution in [0, 0.1) is 0 Å². The fourth-order valence-electron chi connectivity index (χ4n) is 8.95. The standard InChI is InChI=1S/C41H50N12O4/c42-31-11-8-27(21-33(31)53-39-36(38(43)45-24-46-39)37(49-53)25-6-9-30(10-7-25)57-29-4-2-1-3-5-29)50-16-18-51(19-17-50)35-14-15-52(35)28-20-26(22-44-23-28)40(55)47-32-12-13-34(54)48-41(32)56/h1-7,9-10,20,22-24,27,31-35,41,48,54,56H,8,11-19,21,42H2,(H,47,55)(H2,43,45,46). The number of nitrogens with two attached hydrogens (primary N) is 2. The summed E-state index contributed by atoms with van der Waals surface area (Å²) in [4.78, 5) is 34.0. The number of aromatic nitrogens is 5. The topological polar surface area (TPSA) is 209 Å². The number of nitrogen functional groups attached to an aromatic ring is 1. The number of ether oxygens (including phenoxy) is 1. The normalized spacial score (nSPS) is 27.2. The molecule has 4 fully saturated rings. The van der Waals surface area contributed by atoms with Gasteiger partial charge in [-0.25, -0.2) is 14.6 Å². The third kappa shape index (κ3) is 7.63. The molecule has 3 saturated heterocycles. The minimum atomic E-state index is -1.01. The lowest BCUT2D eigenvalue weighted by Crippen LogP contribution is -2.63. The molecule has 0 radical (unpaired) electrons. The second-order valence-corrected chi connectivity index (χ2v) is 15.6. The van der Waals surface area contributed by atoms with E-state index in [2.05, 4.69) is 40.3 Å². The minimum Gasteiger partial charge on any atom is -0.457 e. The van der Waals surface area contributed by atoms with Gasteiger partial charge in [0.05, 0.1) is 41.1 Å². The van der Waals surface area contributed by atoms with E-state index in [4.69, 9.17) is 21.3 Å². The van der Waals surface area contributed by atoms with E-state index in [-0.39, 0.29) is 24.2 Å². The maximum absolute atomic E-state index is 13.1. The van der Waals surface area contributed by atoms with Gasteiger partial charge in [-0.2, -0.15) is 5.10 Å².